The van der Waals surface area contributed by atoms with Crippen LogP contribution in [0, 0.1) is 0 Å². The average molecular weight is 228 g/mol. The largest absolute Gasteiger partial charge is 0.390 e. The molecule has 1 heterocycles. The molecule has 4 heteroatoms. The van der Waals surface area contributed by atoms with Gasteiger partial charge in [0.15, 0.2) is 0 Å². The maximum absolute atomic E-state index is 9.89. The number of morpholine rings is 1. The lowest BCUT2D eigenvalue weighted by molar-refractivity contribution is -0.0412. The second-order valence-corrected chi connectivity index (χ2v) is 5.00. The van der Waals surface area contributed by atoms with E-state index < -0.39 is 0 Å². The summed E-state index contributed by atoms with van der Waals surface area (Å²) < 4.78 is 5.61. The summed E-state index contributed by atoms with van der Waals surface area (Å²) in [6.45, 7) is 6.40. The van der Waals surface area contributed by atoms with Crippen molar-refractivity contribution >= 4 is 0 Å². The summed E-state index contributed by atoms with van der Waals surface area (Å²) >= 11 is 0. The molecule has 0 aromatic carbocycles. The van der Waals surface area contributed by atoms with E-state index in [0.29, 0.717) is 12.1 Å². The third kappa shape index (κ3) is 4.01. The molecule has 2 N–H and O–H groups in total. The van der Waals surface area contributed by atoms with Crippen LogP contribution in [0.3, 0.4) is 0 Å². The molecule has 16 heavy (non-hydrogen) atoms. The summed E-state index contributed by atoms with van der Waals surface area (Å²) in [5.74, 6) is 0. The minimum Gasteiger partial charge on any atom is -0.390 e. The van der Waals surface area contributed by atoms with Gasteiger partial charge in [0.05, 0.1) is 18.8 Å². The number of nitrogens with zero attached hydrogens (tertiary/aromatic N) is 1. The van der Waals surface area contributed by atoms with Gasteiger partial charge in [-0.05, 0) is 19.3 Å². The standard InChI is InChI=1S/C12H24N2O2/c1-2-12-9-14(5-6-16-12)8-11(15)7-13-10-3-4-10/h10-13,15H,2-9H2,1H3. The third-order valence-corrected chi connectivity index (χ3v) is 3.37. The normalized spacial score (nSPS) is 29.2. The average Bonchev–Trinajstić information content (AvgIpc) is 3.10. The molecule has 0 aromatic rings. The number of β-amino-alcohol motifs (C(OH)–C–C–N with tert-alkyl or cyclic N) is 1. The van der Waals surface area contributed by atoms with E-state index in [1.807, 2.05) is 0 Å². The first-order chi connectivity index (χ1) is 7.78. The molecule has 4 nitrogen and oxygen atoms in total. The van der Waals surface area contributed by atoms with Gasteiger partial charge in [0.2, 0.25) is 0 Å². The number of aliphatic hydroxyl groups is 1. The SMILES string of the molecule is CCC1CN(CC(O)CNC2CC2)CCO1. The second-order valence-electron chi connectivity index (χ2n) is 5.00. The van der Waals surface area contributed by atoms with Crippen LogP contribution in [0.2, 0.25) is 0 Å². The highest BCUT2D eigenvalue weighted by atomic mass is 16.5. The summed E-state index contributed by atoms with van der Waals surface area (Å²) in [7, 11) is 0. The van der Waals surface area contributed by atoms with Crippen LogP contribution in [-0.4, -0.2) is 61.0 Å². The van der Waals surface area contributed by atoms with Crippen molar-refractivity contribution < 1.29 is 9.84 Å². The lowest BCUT2D eigenvalue weighted by Crippen LogP contribution is -2.47. The van der Waals surface area contributed by atoms with Crippen molar-refractivity contribution in [1.29, 1.82) is 0 Å². The van der Waals surface area contributed by atoms with Crippen LogP contribution in [0.5, 0.6) is 0 Å². The lowest BCUT2D eigenvalue weighted by Gasteiger charge is -2.33. The fraction of sp³-hybridized carbons (Fsp3) is 1.00. The summed E-state index contributed by atoms with van der Waals surface area (Å²) in [5, 5.41) is 13.3. The van der Waals surface area contributed by atoms with Gasteiger partial charge in [0, 0.05) is 32.2 Å². The molecule has 2 aliphatic rings. The molecule has 2 atom stereocenters. The third-order valence-electron chi connectivity index (χ3n) is 3.37. The van der Waals surface area contributed by atoms with Gasteiger partial charge >= 0.3 is 0 Å². The van der Waals surface area contributed by atoms with Crippen LogP contribution in [0.15, 0.2) is 0 Å². The summed E-state index contributed by atoms with van der Waals surface area (Å²) in [4.78, 5) is 2.32. The molecule has 1 saturated carbocycles. The first-order valence-electron chi connectivity index (χ1n) is 6.53. The van der Waals surface area contributed by atoms with E-state index >= 15 is 0 Å². The zero-order valence-corrected chi connectivity index (χ0v) is 10.2. The van der Waals surface area contributed by atoms with E-state index in [0.717, 1.165) is 39.2 Å². The fourth-order valence-electron chi connectivity index (χ4n) is 2.15. The lowest BCUT2D eigenvalue weighted by atomic mass is 10.2. The molecule has 2 rings (SSSR count). The minimum absolute atomic E-state index is 0.240. The van der Waals surface area contributed by atoms with Gasteiger partial charge in [-0.15, -0.1) is 0 Å². The van der Waals surface area contributed by atoms with Gasteiger partial charge in [-0.2, -0.15) is 0 Å². The number of aliphatic hydroxyl groups excluding tert-OH is 1. The Morgan fingerprint density at radius 2 is 2.31 bits per heavy atom. The maximum atomic E-state index is 9.89. The Kier molecular flexibility index (Phi) is 4.58. The van der Waals surface area contributed by atoms with Crippen molar-refractivity contribution in [2.45, 2.75) is 44.4 Å². The topological polar surface area (TPSA) is 44.7 Å². The molecule has 2 fully saturated rings. The van der Waals surface area contributed by atoms with Crippen LogP contribution in [0.1, 0.15) is 26.2 Å². The molecule has 0 aromatic heterocycles. The van der Waals surface area contributed by atoms with E-state index in [4.69, 9.17) is 4.74 Å². The molecule has 0 bridgehead atoms. The van der Waals surface area contributed by atoms with Gasteiger partial charge < -0.3 is 15.2 Å². The van der Waals surface area contributed by atoms with Crippen molar-refractivity contribution in [1.82, 2.24) is 10.2 Å². The predicted molar refractivity (Wildman–Crippen MR) is 63.5 cm³/mol. The van der Waals surface area contributed by atoms with E-state index in [-0.39, 0.29) is 6.10 Å². The van der Waals surface area contributed by atoms with Gasteiger partial charge in [0.1, 0.15) is 0 Å². The minimum atomic E-state index is -0.240. The number of nitrogens with one attached hydrogen (secondary N) is 1. The van der Waals surface area contributed by atoms with Crippen LogP contribution in [-0.2, 0) is 4.74 Å². The Morgan fingerprint density at radius 1 is 1.50 bits per heavy atom. The number of hydrogen-bond acceptors (Lipinski definition) is 4. The van der Waals surface area contributed by atoms with E-state index in [1.54, 1.807) is 0 Å². The highest BCUT2D eigenvalue weighted by molar-refractivity contribution is 4.82. The Bertz CT molecular complexity index is 209. The molecular formula is C12H24N2O2. The predicted octanol–water partition coefficient (Wildman–Crippen LogP) is 0.210. The van der Waals surface area contributed by atoms with E-state index in [9.17, 15) is 5.11 Å². The van der Waals surface area contributed by atoms with Gasteiger partial charge in [-0.25, -0.2) is 0 Å². The Labute approximate surface area is 98.0 Å². The maximum Gasteiger partial charge on any atom is 0.0791 e. The van der Waals surface area contributed by atoms with Crippen molar-refractivity contribution in [3.8, 4) is 0 Å². The zero-order valence-electron chi connectivity index (χ0n) is 10.2. The first kappa shape index (κ1) is 12.3. The van der Waals surface area contributed by atoms with Crippen molar-refractivity contribution in [2.75, 3.05) is 32.8 Å². The van der Waals surface area contributed by atoms with Crippen molar-refractivity contribution in [2.24, 2.45) is 0 Å². The van der Waals surface area contributed by atoms with E-state index in [2.05, 4.69) is 17.1 Å². The number of hydrogen-bond donors (Lipinski definition) is 2. The highest BCUT2D eigenvalue weighted by Crippen LogP contribution is 2.18. The number of ether oxygens (including phenoxy) is 1. The molecule has 1 saturated heterocycles. The van der Waals surface area contributed by atoms with Crippen LogP contribution in [0.25, 0.3) is 0 Å². The smallest absolute Gasteiger partial charge is 0.0791 e. The summed E-state index contributed by atoms with van der Waals surface area (Å²) in [5.41, 5.74) is 0. The summed E-state index contributed by atoms with van der Waals surface area (Å²) in [6.07, 6.45) is 3.74. The Hall–Kier alpha value is -0.160. The second kappa shape index (κ2) is 5.96. The van der Waals surface area contributed by atoms with Crippen LogP contribution in [0.4, 0.5) is 0 Å². The van der Waals surface area contributed by atoms with E-state index in [1.165, 1.54) is 12.8 Å². The van der Waals surface area contributed by atoms with Gasteiger partial charge in [0.25, 0.3) is 0 Å². The molecule has 0 amide bonds. The first-order valence-corrected chi connectivity index (χ1v) is 6.53. The number of rotatable bonds is 6. The van der Waals surface area contributed by atoms with Crippen LogP contribution < -0.4 is 5.32 Å². The molecule has 1 aliphatic heterocycles. The van der Waals surface area contributed by atoms with Crippen LogP contribution >= 0.6 is 0 Å². The van der Waals surface area contributed by atoms with Gasteiger partial charge in [-0.1, -0.05) is 6.92 Å². The van der Waals surface area contributed by atoms with Crippen molar-refractivity contribution in [3.05, 3.63) is 0 Å². The molecule has 2 unspecified atom stereocenters. The molecule has 0 spiro atoms. The molecular weight excluding hydrogens is 204 g/mol. The Morgan fingerprint density at radius 3 is 3.00 bits per heavy atom. The highest BCUT2D eigenvalue weighted by Gasteiger charge is 2.24. The monoisotopic (exact) mass is 228 g/mol. The molecule has 0 radical (unpaired) electrons. The molecule has 94 valence electrons. The van der Waals surface area contributed by atoms with Crippen molar-refractivity contribution in [3.63, 3.8) is 0 Å². The quantitative estimate of drug-likeness (QED) is 0.682. The van der Waals surface area contributed by atoms with Gasteiger partial charge in [-0.3, -0.25) is 4.90 Å². The molecule has 1 aliphatic carbocycles. The zero-order chi connectivity index (χ0) is 11.4. The Balaban J connectivity index is 1.62. The summed E-state index contributed by atoms with van der Waals surface area (Å²) in [6, 6.07) is 0.683. The fourth-order valence-corrected chi connectivity index (χ4v) is 2.15.